The SMILES string of the molecule is COc1cc(C2=NCCS2)ccc1OCc1ccc(F)cc1Cl. The first kappa shape index (κ1) is 16.1. The molecular formula is C17H15ClFNO2S. The van der Waals surface area contributed by atoms with Crippen LogP contribution in [0.3, 0.4) is 0 Å². The molecule has 0 amide bonds. The van der Waals surface area contributed by atoms with Crippen molar-refractivity contribution in [3.05, 3.63) is 58.4 Å². The molecule has 1 aliphatic rings. The Hall–Kier alpha value is -1.72. The third kappa shape index (κ3) is 3.79. The van der Waals surface area contributed by atoms with Crippen LogP contribution in [-0.4, -0.2) is 24.5 Å². The van der Waals surface area contributed by atoms with Crippen molar-refractivity contribution in [1.29, 1.82) is 0 Å². The standard InChI is InChI=1S/C17H15ClFNO2S/c1-21-16-8-11(17-20-6-7-23-17)3-5-15(16)22-10-12-2-4-13(19)9-14(12)18/h2-5,8-9H,6-7,10H2,1H3. The summed E-state index contributed by atoms with van der Waals surface area (Å²) in [6.07, 6.45) is 0. The maximum Gasteiger partial charge on any atom is 0.161 e. The average Bonchev–Trinajstić information content (AvgIpc) is 3.08. The minimum atomic E-state index is -0.365. The van der Waals surface area contributed by atoms with Crippen molar-refractivity contribution in [1.82, 2.24) is 0 Å². The Morgan fingerprint density at radius 1 is 1.22 bits per heavy atom. The van der Waals surface area contributed by atoms with E-state index in [-0.39, 0.29) is 12.4 Å². The summed E-state index contributed by atoms with van der Waals surface area (Å²) in [5.74, 6) is 1.89. The number of nitrogens with zero attached hydrogens (tertiary/aromatic N) is 1. The normalized spacial score (nSPS) is 13.8. The van der Waals surface area contributed by atoms with Crippen molar-refractivity contribution in [2.24, 2.45) is 4.99 Å². The molecule has 0 bridgehead atoms. The van der Waals surface area contributed by atoms with Gasteiger partial charge in [0.2, 0.25) is 0 Å². The molecule has 2 aromatic rings. The lowest BCUT2D eigenvalue weighted by Crippen LogP contribution is -2.00. The fraction of sp³-hybridized carbons (Fsp3) is 0.235. The number of halogens is 2. The van der Waals surface area contributed by atoms with Crippen LogP contribution in [0.4, 0.5) is 4.39 Å². The minimum absolute atomic E-state index is 0.241. The van der Waals surface area contributed by atoms with Gasteiger partial charge in [0.15, 0.2) is 11.5 Å². The number of thioether (sulfide) groups is 1. The molecule has 1 aliphatic heterocycles. The van der Waals surface area contributed by atoms with Gasteiger partial charge in [-0.2, -0.15) is 0 Å². The molecule has 3 rings (SSSR count). The summed E-state index contributed by atoms with van der Waals surface area (Å²) in [5.41, 5.74) is 1.74. The molecule has 0 N–H and O–H groups in total. The van der Waals surface area contributed by atoms with Crippen LogP contribution in [0, 0.1) is 5.82 Å². The highest BCUT2D eigenvalue weighted by Crippen LogP contribution is 2.32. The van der Waals surface area contributed by atoms with Crippen molar-refractivity contribution < 1.29 is 13.9 Å². The molecular weight excluding hydrogens is 337 g/mol. The van der Waals surface area contributed by atoms with Gasteiger partial charge in [-0.3, -0.25) is 4.99 Å². The Labute approximate surface area is 143 Å². The van der Waals surface area contributed by atoms with Crippen molar-refractivity contribution in [2.45, 2.75) is 6.61 Å². The molecule has 0 spiro atoms. The Bertz CT molecular complexity index is 751. The molecule has 0 aromatic heterocycles. The van der Waals surface area contributed by atoms with Gasteiger partial charge in [-0.15, -0.1) is 11.8 Å². The fourth-order valence-electron chi connectivity index (χ4n) is 2.22. The summed E-state index contributed by atoms with van der Waals surface area (Å²) in [5, 5.41) is 1.37. The van der Waals surface area contributed by atoms with Crippen LogP contribution < -0.4 is 9.47 Å². The zero-order valence-corrected chi connectivity index (χ0v) is 14.1. The molecule has 3 nitrogen and oxygen atoms in total. The number of ether oxygens (including phenoxy) is 2. The molecule has 23 heavy (non-hydrogen) atoms. The van der Waals surface area contributed by atoms with Crippen LogP contribution in [0.15, 0.2) is 41.4 Å². The lowest BCUT2D eigenvalue weighted by Gasteiger charge is -2.13. The van der Waals surface area contributed by atoms with E-state index in [2.05, 4.69) is 4.99 Å². The monoisotopic (exact) mass is 351 g/mol. The van der Waals surface area contributed by atoms with Gasteiger partial charge >= 0.3 is 0 Å². The molecule has 0 unspecified atom stereocenters. The smallest absolute Gasteiger partial charge is 0.161 e. The van der Waals surface area contributed by atoms with Crippen LogP contribution >= 0.6 is 23.4 Å². The van der Waals surface area contributed by atoms with Crippen molar-refractivity contribution in [3.8, 4) is 11.5 Å². The average molecular weight is 352 g/mol. The van der Waals surface area contributed by atoms with Crippen LogP contribution in [-0.2, 0) is 6.61 Å². The van der Waals surface area contributed by atoms with Crippen LogP contribution in [0.5, 0.6) is 11.5 Å². The van der Waals surface area contributed by atoms with Gasteiger partial charge in [-0.1, -0.05) is 17.7 Å². The van der Waals surface area contributed by atoms with Crippen molar-refractivity contribution in [3.63, 3.8) is 0 Å². The molecule has 2 aromatic carbocycles. The second-order valence-corrected chi connectivity index (χ2v) is 6.42. The Morgan fingerprint density at radius 3 is 2.78 bits per heavy atom. The number of hydrogen-bond donors (Lipinski definition) is 0. The first-order chi connectivity index (χ1) is 11.2. The Kier molecular flexibility index (Phi) is 5.08. The van der Waals surface area contributed by atoms with E-state index in [1.165, 1.54) is 12.1 Å². The number of hydrogen-bond acceptors (Lipinski definition) is 4. The molecule has 0 saturated carbocycles. The summed E-state index contributed by atoms with van der Waals surface area (Å²) < 4.78 is 24.2. The highest BCUT2D eigenvalue weighted by molar-refractivity contribution is 8.14. The van der Waals surface area contributed by atoms with E-state index in [0.29, 0.717) is 16.5 Å². The summed E-state index contributed by atoms with van der Waals surface area (Å²) in [4.78, 5) is 4.45. The van der Waals surface area contributed by atoms with Crippen molar-refractivity contribution in [2.75, 3.05) is 19.4 Å². The van der Waals surface area contributed by atoms with Crippen LogP contribution in [0.25, 0.3) is 0 Å². The minimum Gasteiger partial charge on any atom is -0.493 e. The number of rotatable bonds is 5. The summed E-state index contributed by atoms with van der Waals surface area (Å²) in [6, 6.07) is 9.98. The van der Waals surface area contributed by atoms with Gasteiger partial charge in [-0.25, -0.2) is 4.39 Å². The predicted molar refractivity (Wildman–Crippen MR) is 92.6 cm³/mol. The molecule has 0 saturated heterocycles. The van der Waals surface area contributed by atoms with Gasteiger partial charge in [-0.05, 0) is 30.3 Å². The third-order valence-electron chi connectivity index (χ3n) is 3.39. The maximum atomic E-state index is 13.1. The number of benzene rings is 2. The van der Waals surface area contributed by atoms with E-state index < -0.39 is 0 Å². The second-order valence-electron chi connectivity index (χ2n) is 4.93. The van der Waals surface area contributed by atoms with Gasteiger partial charge in [0.25, 0.3) is 0 Å². The molecule has 1 heterocycles. The summed E-state index contributed by atoms with van der Waals surface area (Å²) in [7, 11) is 1.60. The molecule has 0 radical (unpaired) electrons. The van der Waals surface area contributed by atoms with Gasteiger partial charge in [0.1, 0.15) is 12.4 Å². The van der Waals surface area contributed by atoms with Gasteiger partial charge in [0.05, 0.1) is 17.2 Å². The van der Waals surface area contributed by atoms with E-state index in [1.54, 1.807) is 24.9 Å². The molecule has 0 atom stereocenters. The van der Waals surface area contributed by atoms with E-state index in [4.69, 9.17) is 21.1 Å². The highest BCUT2D eigenvalue weighted by Gasteiger charge is 2.13. The van der Waals surface area contributed by atoms with Crippen LogP contribution in [0.2, 0.25) is 5.02 Å². The van der Waals surface area contributed by atoms with Crippen LogP contribution in [0.1, 0.15) is 11.1 Å². The predicted octanol–water partition coefficient (Wildman–Crippen LogP) is 4.56. The summed E-state index contributed by atoms with van der Waals surface area (Å²) >= 11 is 7.75. The van der Waals surface area contributed by atoms with E-state index >= 15 is 0 Å². The zero-order valence-electron chi connectivity index (χ0n) is 12.5. The largest absolute Gasteiger partial charge is 0.493 e. The maximum absolute atomic E-state index is 13.1. The molecule has 120 valence electrons. The van der Waals surface area contributed by atoms with E-state index in [0.717, 1.165) is 28.5 Å². The fourth-order valence-corrected chi connectivity index (χ4v) is 3.30. The van der Waals surface area contributed by atoms with Gasteiger partial charge < -0.3 is 9.47 Å². The number of methoxy groups -OCH3 is 1. The molecule has 6 heteroatoms. The topological polar surface area (TPSA) is 30.8 Å². The lowest BCUT2D eigenvalue weighted by atomic mass is 10.2. The quantitative estimate of drug-likeness (QED) is 0.791. The highest BCUT2D eigenvalue weighted by atomic mass is 35.5. The second kappa shape index (κ2) is 7.23. The van der Waals surface area contributed by atoms with E-state index in [1.807, 2.05) is 18.2 Å². The molecule has 0 aliphatic carbocycles. The Balaban J connectivity index is 1.77. The Morgan fingerprint density at radius 2 is 2.09 bits per heavy atom. The summed E-state index contributed by atoms with van der Waals surface area (Å²) in [6.45, 7) is 1.09. The first-order valence-corrected chi connectivity index (χ1v) is 8.46. The number of aliphatic imine (C=N–C) groups is 1. The lowest BCUT2D eigenvalue weighted by molar-refractivity contribution is 0.284. The first-order valence-electron chi connectivity index (χ1n) is 7.10. The zero-order chi connectivity index (χ0) is 16.2. The third-order valence-corrected chi connectivity index (χ3v) is 4.77. The van der Waals surface area contributed by atoms with Crippen molar-refractivity contribution >= 4 is 28.4 Å². The molecule has 0 fully saturated rings. The van der Waals surface area contributed by atoms with Gasteiger partial charge in [0, 0.05) is 23.4 Å². The van der Waals surface area contributed by atoms with E-state index in [9.17, 15) is 4.39 Å².